The van der Waals surface area contributed by atoms with Crippen LogP contribution in [0.3, 0.4) is 0 Å². The number of fused-ring (bicyclic) bond motifs is 2. The van der Waals surface area contributed by atoms with Crippen LogP contribution in [0, 0.1) is 11.6 Å². The van der Waals surface area contributed by atoms with E-state index in [0.717, 1.165) is 98.0 Å². The molecule has 0 amide bonds. The molecule has 5 N–H and O–H groups in total. The largest absolute Gasteiger partial charge is 0.409 e. The molecule has 3 heterocycles. The molecule has 1 unspecified atom stereocenters. The molecular weight excluding hydrogens is 1030 g/mol. The minimum atomic E-state index is -0.289. The molecule has 76 heavy (non-hydrogen) atoms. The van der Waals surface area contributed by atoms with Crippen molar-refractivity contribution >= 4 is 49.0 Å². The summed E-state index contributed by atoms with van der Waals surface area (Å²) in [6.07, 6.45) is 20.3. The number of hydrogen-bond acceptors (Lipinski definition) is 13. The van der Waals surface area contributed by atoms with Crippen LogP contribution in [0.5, 0.6) is 0 Å². The van der Waals surface area contributed by atoms with Crippen LogP contribution >= 0.6 is 23.5 Å². The number of hydrogen-bond donors (Lipinski definition) is 4. The van der Waals surface area contributed by atoms with Crippen LogP contribution in [0.15, 0.2) is 78.6 Å². The van der Waals surface area contributed by atoms with E-state index in [-0.39, 0.29) is 62.8 Å². The Morgan fingerprint density at radius 2 is 1.22 bits per heavy atom. The van der Waals surface area contributed by atoms with E-state index in [1.54, 1.807) is 38.1 Å². The van der Waals surface area contributed by atoms with Crippen molar-refractivity contribution in [2.45, 2.75) is 206 Å². The maximum Gasteiger partial charge on any atom is 0.354 e. The summed E-state index contributed by atoms with van der Waals surface area (Å²) >= 11 is 2.87. The number of rotatable bonds is 23. The highest BCUT2D eigenvalue weighted by Gasteiger charge is 2.26. The average Bonchev–Trinajstić information content (AvgIpc) is 4.22. The van der Waals surface area contributed by atoms with Gasteiger partial charge in [0.25, 0.3) is 11.1 Å². The molecule has 2 aliphatic carbocycles. The van der Waals surface area contributed by atoms with Crippen LogP contribution < -0.4 is 22.3 Å². The zero-order valence-corrected chi connectivity index (χ0v) is 44.9. The molecule has 425 valence electrons. The summed E-state index contributed by atoms with van der Waals surface area (Å²) in [6, 6.07) is 12.6. The Labute approximate surface area is 456 Å². The van der Waals surface area contributed by atoms with Crippen molar-refractivity contribution in [2.75, 3.05) is 6.61 Å². The van der Waals surface area contributed by atoms with Gasteiger partial charge >= 0.3 is 7.56 Å². The van der Waals surface area contributed by atoms with E-state index in [0.29, 0.717) is 54.2 Å². The number of benzene rings is 2. The summed E-state index contributed by atoms with van der Waals surface area (Å²) in [4.78, 5) is 53.6. The lowest BCUT2D eigenvalue weighted by molar-refractivity contribution is -0.107. The lowest BCUT2D eigenvalue weighted by atomic mass is 10.0. The number of nitrogens with zero attached hydrogens (tertiary/aromatic N) is 6. The smallest absolute Gasteiger partial charge is 0.354 e. The molecule has 2 aromatic heterocycles. The Morgan fingerprint density at radius 1 is 0.776 bits per heavy atom. The lowest BCUT2D eigenvalue weighted by Crippen LogP contribution is -2.28. The Kier molecular flexibility index (Phi) is 40.1. The van der Waals surface area contributed by atoms with Crippen molar-refractivity contribution in [3.05, 3.63) is 115 Å². The normalized spacial score (nSPS) is 13.5. The summed E-state index contributed by atoms with van der Waals surface area (Å²) in [5, 5.41) is 20.6. The molecule has 1 radical (unpaired) electrons. The van der Waals surface area contributed by atoms with Crippen LogP contribution in [0.2, 0.25) is 6.32 Å². The second-order valence-electron chi connectivity index (χ2n) is 17.3. The minimum absolute atomic E-state index is 0. The molecule has 3 aliphatic rings. The third kappa shape index (κ3) is 26.3. The van der Waals surface area contributed by atoms with Crippen molar-refractivity contribution in [1.29, 1.82) is 0 Å². The van der Waals surface area contributed by atoms with Crippen molar-refractivity contribution in [2.24, 2.45) is 15.9 Å². The van der Waals surface area contributed by atoms with Crippen LogP contribution in [0.4, 0.5) is 22.2 Å². The molecule has 1 aliphatic heterocycles. The zero-order chi connectivity index (χ0) is 54.5. The number of oxime groups is 1. The first-order valence-electron chi connectivity index (χ1n) is 25.5. The average molecular weight is 1110 g/mol. The van der Waals surface area contributed by atoms with E-state index in [4.69, 9.17) is 35.0 Å². The van der Waals surface area contributed by atoms with Gasteiger partial charge in [0.1, 0.15) is 23.8 Å². The molecule has 22 heteroatoms. The van der Waals surface area contributed by atoms with E-state index < -0.39 is 0 Å². The van der Waals surface area contributed by atoms with Crippen molar-refractivity contribution in [3.8, 4) is 0 Å². The number of hydroxylamine groups is 1. The van der Waals surface area contributed by atoms with Crippen molar-refractivity contribution in [1.82, 2.24) is 24.6 Å². The Balaban J connectivity index is 0.00000112. The summed E-state index contributed by atoms with van der Waals surface area (Å²) in [6.45, 7) is 8.78. The van der Waals surface area contributed by atoms with Crippen molar-refractivity contribution in [3.63, 3.8) is 0 Å². The molecule has 0 saturated carbocycles. The molecule has 0 bridgehead atoms. The van der Waals surface area contributed by atoms with Gasteiger partial charge in [-0.1, -0.05) is 140 Å². The molecular formula is C54H83BF5N8O6S2. The van der Waals surface area contributed by atoms with E-state index in [2.05, 4.69) is 39.0 Å². The number of aromatic nitrogens is 4. The first-order chi connectivity index (χ1) is 36.0. The lowest BCUT2D eigenvalue weighted by Gasteiger charge is -2.16. The first kappa shape index (κ1) is 70.9. The first-order valence-corrected chi connectivity index (χ1v) is 27.5. The summed E-state index contributed by atoms with van der Waals surface area (Å²) in [5.41, 5.74) is 13.7. The van der Waals surface area contributed by atoms with E-state index in [1.807, 2.05) is 4.57 Å². The molecule has 1 atom stereocenters. The molecule has 0 spiro atoms. The fraction of sp³-hybridized carbons (Fsp3) is 0.574. The van der Waals surface area contributed by atoms with Gasteiger partial charge in [0.05, 0.1) is 13.1 Å². The summed E-state index contributed by atoms with van der Waals surface area (Å²) in [7, 11) is 0.625. The number of aliphatic imine (C=N–C) groups is 1. The van der Waals surface area contributed by atoms with Crippen LogP contribution in [0.25, 0.3) is 0 Å². The maximum absolute atomic E-state index is 13.2. The molecule has 7 rings (SSSR count). The van der Waals surface area contributed by atoms with Gasteiger partial charge in [-0.15, -0.1) is 0 Å². The number of aliphatic hydroxyl groups is 1. The van der Waals surface area contributed by atoms with Crippen LogP contribution in [-0.4, -0.2) is 67.8 Å². The van der Waals surface area contributed by atoms with Gasteiger partial charge in [-0.3, -0.25) is 9.59 Å². The second kappa shape index (κ2) is 43.0. The molecule has 0 saturated heterocycles. The number of carbonyl (C=O) groups excluding carboxylic acids is 1. The maximum atomic E-state index is 13.2. The summed E-state index contributed by atoms with van der Waals surface area (Å²) in [5.74, 6) is 1.44. The van der Waals surface area contributed by atoms with Gasteiger partial charge in [0.15, 0.2) is 22.4 Å². The molecule has 14 nitrogen and oxygen atoms in total. The molecule has 4 aromatic rings. The van der Waals surface area contributed by atoms with E-state index in [9.17, 15) is 27.5 Å². The SMILES string of the molecule is C.C.CCCCCCCC1N=C(Cn2c(SCc3ccc(F)cc3)nc(=O)c3c2CCC3)NO1.CCCCCCCC=O.CCO.CC[B]F.FF.N/C(Cn1c(SCc2ccc(F)cc2)nc(=O)c2c1CCC2)=N\O. The number of aldehydes is 1. The number of amidine groups is 2. The zero-order valence-electron chi connectivity index (χ0n) is 43.3. The molecule has 2 aromatic carbocycles. The highest BCUT2D eigenvalue weighted by atomic mass is 32.2. The fourth-order valence-corrected chi connectivity index (χ4v) is 9.76. The minimum Gasteiger partial charge on any atom is -0.409 e. The van der Waals surface area contributed by atoms with Gasteiger partial charge in [0.2, 0.25) is 0 Å². The second-order valence-corrected chi connectivity index (χ2v) is 19.1. The Bertz CT molecular complexity index is 2380. The predicted molar refractivity (Wildman–Crippen MR) is 300 cm³/mol. The number of carbonyl (C=O) groups is 1. The Morgan fingerprint density at radius 3 is 1.67 bits per heavy atom. The number of unbranched alkanes of at least 4 members (excludes halogenated alkanes) is 9. The monoisotopic (exact) mass is 1110 g/mol. The standard InChI is InChI=1S/C24H31FN4O2S.C16H17FN4O2S.C8H16O.C2H5BF.C2H6O.2CH4.F2/c1-2-3-4-5-6-10-22-26-21(28-31-22)15-29-20-9-7-8-19(20)23(30)27-24(29)32-16-17-11-13-18(25)14-12-17;17-11-6-4-10(5-7-11)9-24-16-19-15(22)12-2-1-3-13(12)21(16)8-14(18)20-23;1-2-3-4-5-6-7-8-9;1-2-3-4;1-2-3;;;1-2/h11-14,22H,2-10,15-16H2,1H3,(H,26,28);4-7,23H,1-3,8-9H2,(H2,18,20);8H,2-7H2,1H3;2H2,1H3;3H,2H2,1H3;2*1H4;. The highest BCUT2D eigenvalue weighted by molar-refractivity contribution is 7.98. The fourth-order valence-electron chi connectivity index (χ4n) is 7.83. The topological polar surface area (TPSA) is 199 Å². The number of nitrogens with two attached hydrogens (primary N) is 1. The summed E-state index contributed by atoms with van der Waals surface area (Å²) < 4.78 is 56.7. The predicted octanol–water partition coefficient (Wildman–Crippen LogP) is 12.4. The quantitative estimate of drug-likeness (QED) is 0.00524. The molecule has 0 fully saturated rings. The third-order valence-electron chi connectivity index (χ3n) is 11.5. The van der Waals surface area contributed by atoms with Crippen molar-refractivity contribution < 1.29 is 42.2 Å². The van der Waals surface area contributed by atoms with Gasteiger partial charge in [-0.25, -0.2) is 24.1 Å². The number of thioether (sulfide) groups is 2. The number of aliphatic hydroxyl groups excluding tert-OH is 1. The number of nitrogens with one attached hydrogen (secondary N) is 1. The Hall–Kier alpha value is -5.06. The third-order valence-corrected chi connectivity index (χ3v) is 13.6. The van der Waals surface area contributed by atoms with Gasteiger partial charge in [0, 0.05) is 56.2 Å². The van der Waals surface area contributed by atoms with E-state index in [1.165, 1.54) is 99.2 Å². The van der Waals surface area contributed by atoms with E-state index >= 15 is 0 Å². The van der Waals surface area contributed by atoms with Crippen LogP contribution in [0.1, 0.15) is 166 Å². The highest BCUT2D eigenvalue weighted by Crippen LogP contribution is 2.28. The van der Waals surface area contributed by atoms with Crippen LogP contribution in [-0.2, 0) is 59.9 Å². The number of halogens is 5. The van der Waals surface area contributed by atoms with Gasteiger partial charge < -0.3 is 34.3 Å². The van der Waals surface area contributed by atoms with Gasteiger partial charge in [-0.2, -0.15) is 9.97 Å². The van der Waals surface area contributed by atoms with Gasteiger partial charge in [-0.05, 0) is 106 Å².